The average molecular weight is 471 g/mol. The van der Waals surface area contributed by atoms with Gasteiger partial charge in [-0.05, 0) is 67.1 Å². The largest absolute Gasteiger partial charge is 0.374 e. The highest BCUT2D eigenvalue weighted by molar-refractivity contribution is 5.65. The molecule has 5 heteroatoms. The van der Waals surface area contributed by atoms with Gasteiger partial charge < -0.3 is 4.74 Å². The number of halogens is 4. The quantitative estimate of drug-likeness (QED) is 0.385. The number of benzene rings is 2. The van der Waals surface area contributed by atoms with Crippen molar-refractivity contribution < 1.29 is 22.3 Å². The van der Waals surface area contributed by atoms with E-state index >= 15 is 4.39 Å². The molecular weight excluding hydrogens is 440 g/mol. The molecule has 0 N–H and O–H groups in total. The van der Waals surface area contributed by atoms with Gasteiger partial charge >= 0.3 is 0 Å². The van der Waals surface area contributed by atoms with Crippen LogP contribution >= 0.6 is 0 Å². The van der Waals surface area contributed by atoms with Gasteiger partial charge in [-0.3, -0.25) is 0 Å². The first kappa shape index (κ1) is 24.5. The van der Waals surface area contributed by atoms with E-state index in [1.807, 2.05) is 37.3 Å². The number of rotatable bonds is 6. The standard InChI is InChI=1S/C29H30F4O/c1-3-18-4-9-20(10-5-18)23-15-16-24(28(32)27(23)31)21-11-6-19(7-12-21)8-13-22-14-17-25(34-2)29(33)26(22)30/h4-5,8-10,13-16,19,21,25H,3,6-7,11-12,17H2,1-2H3/b13-8+. The van der Waals surface area contributed by atoms with Crippen molar-refractivity contribution in [3.8, 4) is 11.1 Å². The Balaban J connectivity index is 1.41. The van der Waals surface area contributed by atoms with Gasteiger partial charge in [-0.25, -0.2) is 17.6 Å². The number of ether oxygens (including phenoxy) is 1. The van der Waals surface area contributed by atoms with Crippen LogP contribution in [0.15, 0.2) is 71.9 Å². The van der Waals surface area contributed by atoms with Gasteiger partial charge in [0.15, 0.2) is 23.3 Å². The summed E-state index contributed by atoms with van der Waals surface area (Å²) in [7, 11) is 1.36. The van der Waals surface area contributed by atoms with E-state index in [1.165, 1.54) is 7.11 Å². The molecule has 2 aromatic carbocycles. The molecule has 180 valence electrons. The lowest BCUT2D eigenvalue weighted by Crippen LogP contribution is -2.15. The van der Waals surface area contributed by atoms with E-state index in [0.717, 1.165) is 24.8 Å². The molecule has 2 aromatic rings. The Labute approximate surface area is 198 Å². The molecule has 0 spiro atoms. The summed E-state index contributed by atoms with van der Waals surface area (Å²) in [6.45, 7) is 2.05. The molecule has 0 heterocycles. The Morgan fingerprint density at radius 1 is 0.912 bits per heavy atom. The maximum Gasteiger partial charge on any atom is 0.166 e. The maximum absolute atomic E-state index is 15.0. The van der Waals surface area contributed by atoms with Gasteiger partial charge in [0.05, 0.1) is 0 Å². The van der Waals surface area contributed by atoms with Crippen molar-refractivity contribution in [2.75, 3.05) is 7.11 Å². The predicted molar refractivity (Wildman–Crippen MR) is 128 cm³/mol. The van der Waals surface area contributed by atoms with Crippen molar-refractivity contribution in [2.45, 2.75) is 57.5 Å². The van der Waals surface area contributed by atoms with Crippen LogP contribution < -0.4 is 0 Å². The van der Waals surface area contributed by atoms with Crippen LogP contribution in [0.1, 0.15) is 56.1 Å². The highest BCUT2D eigenvalue weighted by Crippen LogP contribution is 2.40. The molecule has 0 radical (unpaired) electrons. The van der Waals surface area contributed by atoms with Crippen molar-refractivity contribution in [1.29, 1.82) is 0 Å². The van der Waals surface area contributed by atoms with Crippen LogP contribution in [0.4, 0.5) is 17.6 Å². The highest BCUT2D eigenvalue weighted by atomic mass is 19.2. The maximum atomic E-state index is 15.0. The number of hydrogen-bond acceptors (Lipinski definition) is 1. The first-order valence-corrected chi connectivity index (χ1v) is 12.0. The second-order valence-electron chi connectivity index (χ2n) is 9.13. The van der Waals surface area contributed by atoms with Crippen LogP contribution in [0.2, 0.25) is 0 Å². The molecule has 0 saturated heterocycles. The van der Waals surface area contributed by atoms with E-state index in [9.17, 15) is 13.2 Å². The van der Waals surface area contributed by atoms with E-state index in [1.54, 1.807) is 24.3 Å². The van der Waals surface area contributed by atoms with E-state index in [0.29, 0.717) is 30.4 Å². The fraction of sp³-hybridized carbons (Fsp3) is 0.379. The zero-order chi connectivity index (χ0) is 24.2. The summed E-state index contributed by atoms with van der Waals surface area (Å²) >= 11 is 0. The summed E-state index contributed by atoms with van der Waals surface area (Å²) in [6.07, 6.45) is 8.50. The fourth-order valence-corrected chi connectivity index (χ4v) is 4.93. The third-order valence-corrected chi connectivity index (χ3v) is 7.13. The van der Waals surface area contributed by atoms with Gasteiger partial charge in [-0.15, -0.1) is 0 Å². The summed E-state index contributed by atoms with van der Waals surface area (Å²) in [5, 5.41) is 0. The summed E-state index contributed by atoms with van der Waals surface area (Å²) < 4.78 is 63.1. The molecule has 0 aliphatic heterocycles. The van der Waals surface area contributed by atoms with Gasteiger partial charge in [0.1, 0.15) is 6.10 Å². The molecular formula is C29H30F4O. The smallest absolute Gasteiger partial charge is 0.166 e. The van der Waals surface area contributed by atoms with Gasteiger partial charge in [-0.1, -0.05) is 61.5 Å². The van der Waals surface area contributed by atoms with Crippen molar-refractivity contribution >= 4 is 0 Å². The zero-order valence-corrected chi connectivity index (χ0v) is 19.6. The summed E-state index contributed by atoms with van der Waals surface area (Å²) in [6, 6.07) is 10.9. The summed E-state index contributed by atoms with van der Waals surface area (Å²) in [5.74, 6) is -3.16. The average Bonchev–Trinajstić information content (AvgIpc) is 2.87. The predicted octanol–water partition coefficient (Wildman–Crippen LogP) is 8.52. The zero-order valence-electron chi connectivity index (χ0n) is 19.6. The van der Waals surface area contributed by atoms with Crippen LogP contribution in [0.3, 0.4) is 0 Å². The molecule has 34 heavy (non-hydrogen) atoms. The van der Waals surface area contributed by atoms with Crippen molar-refractivity contribution in [3.05, 3.63) is 94.6 Å². The van der Waals surface area contributed by atoms with Gasteiger partial charge in [0, 0.05) is 18.2 Å². The van der Waals surface area contributed by atoms with Gasteiger partial charge in [0.25, 0.3) is 0 Å². The number of hydrogen-bond donors (Lipinski definition) is 0. The first-order valence-electron chi connectivity index (χ1n) is 12.0. The normalized spacial score (nSPS) is 23.5. The Morgan fingerprint density at radius 2 is 1.62 bits per heavy atom. The number of aryl methyl sites for hydroxylation is 1. The Hall–Kier alpha value is -2.66. The molecule has 1 fully saturated rings. The van der Waals surface area contributed by atoms with E-state index in [2.05, 4.69) is 0 Å². The van der Waals surface area contributed by atoms with Crippen LogP contribution in [0.25, 0.3) is 11.1 Å². The lowest BCUT2D eigenvalue weighted by Gasteiger charge is -2.28. The lowest BCUT2D eigenvalue weighted by molar-refractivity contribution is 0.109. The molecule has 1 unspecified atom stereocenters. The monoisotopic (exact) mass is 470 g/mol. The number of methoxy groups -OCH3 is 1. The minimum absolute atomic E-state index is 0.0545. The molecule has 4 rings (SSSR count). The van der Waals surface area contributed by atoms with E-state index in [-0.39, 0.29) is 23.0 Å². The summed E-state index contributed by atoms with van der Waals surface area (Å²) in [5.41, 5.74) is 2.75. The van der Waals surface area contributed by atoms with Crippen molar-refractivity contribution in [2.24, 2.45) is 5.92 Å². The van der Waals surface area contributed by atoms with Crippen LogP contribution in [0.5, 0.6) is 0 Å². The molecule has 2 aliphatic rings. The second kappa shape index (κ2) is 10.7. The van der Waals surface area contributed by atoms with Crippen LogP contribution in [-0.4, -0.2) is 13.2 Å². The molecule has 0 aromatic heterocycles. The molecule has 1 saturated carbocycles. The number of allylic oxidation sites excluding steroid dienone is 4. The minimum Gasteiger partial charge on any atom is -0.374 e. The Morgan fingerprint density at radius 3 is 2.26 bits per heavy atom. The van der Waals surface area contributed by atoms with E-state index < -0.39 is 29.4 Å². The SMILES string of the molecule is CCc1ccc(-c2ccc(C3CCC(/C=C/C4=CCC(OC)C(F)=C4F)CC3)c(F)c2F)cc1. The molecule has 1 nitrogen and oxygen atoms in total. The summed E-state index contributed by atoms with van der Waals surface area (Å²) in [4.78, 5) is 0. The third-order valence-electron chi connectivity index (χ3n) is 7.13. The van der Waals surface area contributed by atoms with Gasteiger partial charge in [0.2, 0.25) is 0 Å². The topological polar surface area (TPSA) is 9.23 Å². The third kappa shape index (κ3) is 5.05. The molecule has 0 bridgehead atoms. The fourth-order valence-electron chi connectivity index (χ4n) is 4.93. The minimum atomic E-state index is -0.870. The lowest BCUT2D eigenvalue weighted by atomic mass is 9.78. The van der Waals surface area contributed by atoms with E-state index in [4.69, 9.17) is 4.74 Å². The van der Waals surface area contributed by atoms with Crippen LogP contribution in [0, 0.1) is 17.6 Å². The molecule has 1 atom stereocenters. The van der Waals surface area contributed by atoms with Crippen LogP contribution in [-0.2, 0) is 11.2 Å². The Bertz CT molecular complexity index is 1110. The Kier molecular flexibility index (Phi) is 7.72. The molecule has 2 aliphatic carbocycles. The second-order valence-corrected chi connectivity index (χ2v) is 9.13. The van der Waals surface area contributed by atoms with Crippen molar-refractivity contribution in [3.63, 3.8) is 0 Å². The highest BCUT2D eigenvalue weighted by Gasteiger charge is 2.27. The van der Waals surface area contributed by atoms with Crippen molar-refractivity contribution in [1.82, 2.24) is 0 Å². The van der Waals surface area contributed by atoms with Gasteiger partial charge in [-0.2, -0.15) is 0 Å². The molecule has 0 amide bonds. The first-order chi connectivity index (χ1) is 16.4.